The number of hydrogen-bond donors (Lipinski definition) is 2. The van der Waals surface area contributed by atoms with Gasteiger partial charge in [-0.05, 0) is 64.4 Å². The number of hydrogen-bond acceptors (Lipinski definition) is 3. The molecule has 2 aromatic carbocycles. The monoisotopic (exact) mass is 415 g/mol. The summed E-state index contributed by atoms with van der Waals surface area (Å²) < 4.78 is 5.82. The molecule has 1 aliphatic heterocycles. The van der Waals surface area contributed by atoms with Gasteiger partial charge in [-0.1, -0.05) is 23.7 Å². The van der Waals surface area contributed by atoms with Crippen LogP contribution in [0.3, 0.4) is 0 Å². The lowest BCUT2D eigenvalue weighted by atomic mass is 10.0. The fourth-order valence-electron chi connectivity index (χ4n) is 3.26. The van der Waals surface area contributed by atoms with Crippen LogP contribution in [0, 0.1) is 0 Å². The molecule has 0 saturated carbocycles. The molecule has 0 aromatic heterocycles. The average Bonchev–Trinajstić information content (AvgIpc) is 2.61. The van der Waals surface area contributed by atoms with E-state index in [1.807, 2.05) is 45.9 Å². The zero-order chi connectivity index (χ0) is 21.3. The Morgan fingerprint density at radius 1 is 1.21 bits per heavy atom. The van der Waals surface area contributed by atoms with E-state index in [2.05, 4.69) is 10.6 Å². The van der Waals surface area contributed by atoms with Crippen LogP contribution >= 0.6 is 11.6 Å². The Bertz CT molecular complexity index is 939. The number of fused-ring (bicyclic) bond motifs is 1. The summed E-state index contributed by atoms with van der Waals surface area (Å²) in [4.78, 5) is 26.8. The highest BCUT2D eigenvalue weighted by Crippen LogP contribution is 2.41. The summed E-state index contributed by atoms with van der Waals surface area (Å²) in [6, 6.07) is 12.2. The van der Waals surface area contributed by atoms with Crippen LogP contribution in [0.2, 0.25) is 5.02 Å². The lowest BCUT2D eigenvalue weighted by molar-refractivity contribution is -0.126. The molecule has 0 radical (unpaired) electrons. The first-order valence-corrected chi connectivity index (χ1v) is 9.91. The van der Waals surface area contributed by atoms with Crippen LogP contribution in [0.15, 0.2) is 42.5 Å². The van der Waals surface area contributed by atoms with Crippen LogP contribution in [0.5, 0.6) is 5.75 Å². The van der Waals surface area contributed by atoms with E-state index in [1.54, 1.807) is 36.1 Å². The molecular formula is C22H26ClN3O3. The number of carbonyl (C=O) groups excluding carboxylic acids is 2. The molecular weight excluding hydrogens is 390 g/mol. The van der Waals surface area contributed by atoms with Gasteiger partial charge >= 0.3 is 6.03 Å². The number of benzene rings is 2. The number of ether oxygens (including phenoxy) is 1. The van der Waals surface area contributed by atoms with Gasteiger partial charge < -0.3 is 15.4 Å². The maximum Gasteiger partial charge on any atom is 0.319 e. The van der Waals surface area contributed by atoms with E-state index < -0.39 is 6.10 Å². The minimum absolute atomic E-state index is 0.129. The second-order valence-corrected chi connectivity index (χ2v) is 8.65. The quantitative estimate of drug-likeness (QED) is 0.729. The van der Waals surface area contributed by atoms with E-state index in [1.165, 1.54) is 0 Å². The topological polar surface area (TPSA) is 70.7 Å². The van der Waals surface area contributed by atoms with Gasteiger partial charge in [0.1, 0.15) is 5.75 Å². The van der Waals surface area contributed by atoms with E-state index in [-0.39, 0.29) is 23.5 Å². The van der Waals surface area contributed by atoms with Crippen molar-refractivity contribution in [3.63, 3.8) is 0 Å². The van der Waals surface area contributed by atoms with Crippen molar-refractivity contribution in [3.05, 3.63) is 53.1 Å². The lowest BCUT2D eigenvalue weighted by Gasteiger charge is -2.37. The molecule has 0 spiro atoms. The summed E-state index contributed by atoms with van der Waals surface area (Å²) >= 11 is 6.13. The van der Waals surface area contributed by atoms with Crippen molar-refractivity contribution in [1.82, 2.24) is 5.32 Å². The van der Waals surface area contributed by atoms with Gasteiger partial charge in [0.25, 0.3) is 5.91 Å². The fourth-order valence-corrected chi connectivity index (χ4v) is 3.46. The molecule has 1 heterocycles. The molecule has 0 fully saturated rings. The molecule has 1 aliphatic rings. The molecule has 7 heteroatoms. The van der Waals surface area contributed by atoms with Gasteiger partial charge in [-0.3, -0.25) is 9.69 Å². The van der Waals surface area contributed by atoms with Crippen LogP contribution in [-0.4, -0.2) is 23.6 Å². The summed E-state index contributed by atoms with van der Waals surface area (Å²) in [5.74, 6) is 0.413. The van der Waals surface area contributed by atoms with Gasteiger partial charge in [-0.25, -0.2) is 4.79 Å². The number of anilines is 2. The van der Waals surface area contributed by atoms with Crippen molar-refractivity contribution < 1.29 is 14.3 Å². The van der Waals surface area contributed by atoms with Gasteiger partial charge in [0.15, 0.2) is 6.10 Å². The second kappa shape index (κ2) is 7.95. The molecule has 3 amide bonds. The molecule has 6 nitrogen and oxygen atoms in total. The van der Waals surface area contributed by atoms with E-state index in [0.717, 1.165) is 5.56 Å². The maximum atomic E-state index is 12.9. The Morgan fingerprint density at radius 3 is 2.59 bits per heavy atom. The third-order valence-corrected chi connectivity index (χ3v) is 4.81. The van der Waals surface area contributed by atoms with Gasteiger partial charge in [-0.15, -0.1) is 0 Å². The third-order valence-electron chi connectivity index (χ3n) is 4.57. The van der Waals surface area contributed by atoms with E-state index in [0.29, 0.717) is 22.1 Å². The molecule has 0 saturated heterocycles. The molecule has 0 bridgehead atoms. The minimum Gasteiger partial charge on any atom is -0.479 e. The molecule has 2 N–H and O–H groups in total. The Labute approximate surface area is 176 Å². The first kappa shape index (κ1) is 21.0. The van der Waals surface area contributed by atoms with Crippen molar-refractivity contribution in [2.24, 2.45) is 0 Å². The SMILES string of the molecule is C[C@H]1Oc2cc(NC(=O)NC(C)(C)C)ccc2N([C@@H](C)c2cccc(Cl)c2)C1=O. The number of urea groups is 1. The first-order valence-electron chi connectivity index (χ1n) is 9.53. The smallest absolute Gasteiger partial charge is 0.319 e. The van der Waals surface area contributed by atoms with Crippen molar-refractivity contribution in [2.45, 2.75) is 52.3 Å². The molecule has 3 rings (SSSR count). The molecule has 154 valence electrons. The summed E-state index contributed by atoms with van der Waals surface area (Å²) in [7, 11) is 0. The van der Waals surface area contributed by atoms with Crippen LogP contribution in [0.1, 0.15) is 46.2 Å². The summed E-state index contributed by atoms with van der Waals surface area (Å²) in [6.45, 7) is 9.39. The number of halogens is 1. The maximum absolute atomic E-state index is 12.9. The first-order chi connectivity index (χ1) is 13.5. The zero-order valence-electron chi connectivity index (χ0n) is 17.2. The number of nitrogens with one attached hydrogen (secondary N) is 2. The predicted molar refractivity (Wildman–Crippen MR) is 116 cm³/mol. The van der Waals surface area contributed by atoms with E-state index in [9.17, 15) is 9.59 Å². The second-order valence-electron chi connectivity index (χ2n) is 8.21. The molecule has 0 aliphatic carbocycles. The highest BCUT2D eigenvalue weighted by Gasteiger charge is 2.35. The number of amides is 3. The van der Waals surface area contributed by atoms with Crippen molar-refractivity contribution in [2.75, 3.05) is 10.2 Å². The number of nitrogens with zero attached hydrogens (tertiary/aromatic N) is 1. The Hall–Kier alpha value is -2.73. The van der Waals surface area contributed by atoms with Gasteiger partial charge in [0.2, 0.25) is 0 Å². The van der Waals surface area contributed by atoms with Gasteiger partial charge in [0.05, 0.1) is 11.7 Å². The van der Waals surface area contributed by atoms with Crippen molar-refractivity contribution in [3.8, 4) is 5.75 Å². The van der Waals surface area contributed by atoms with Gasteiger partial charge in [-0.2, -0.15) is 0 Å². The molecule has 29 heavy (non-hydrogen) atoms. The molecule has 0 unspecified atom stereocenters. The average molecular weight is 416 g/mol. The Balaban J connectivity index is 1.90. The van der Waals surface area contributed by atoms with E-state index >= 15 is 0 Å². The van der Waals surface area contributed by atoms with Gasteiger partial charge in [0, 0.05) is 22.3 Å². The predicted octanol–water partition coefficient (Wildman–Crippen LogP) is 5.14. The van der Waals surface area contributed by atoms with Crippen LogP contribution in [-0.2, 0) is 4.79 Å². The summed E-state index contributed by atoms with van der Waals surface area (Å²) in [5, 5.41) is 6.27. The van der Waals surface area contributed by atoms with Crippen molar-refractivity contribution in [1.29, 1.82) is 0 Å². The highest BCUT2D eigenvalue weighted by atomic mass is 35.5. The number of carbonyl (C=O) groups is 2. The standard InChI is InChI=1S/C22H26ClN3O3/c1-13(15-7-6-8-16(23)11-15)26-18-10-9-17(24-21(28)25-22(3,4)5)12-19(18)29-14(2)20(26)27/h6-14H,1-5H3,(H2,24,25,28)/t13-,14+/m0/s1. The van der Waals surface area contributed by atoms with Crippen LogP contribution in [0.4, 0.5) is 16.2 Å². The van der Waals surface area contributed by atoms with Crippen LogP contribution in [0.25, 0.3) is 0 Å². The van der Waals surface area contributed by atoms with E-state index in [4.69, 9.17) is 16.3 Å². The van der Waals surface area contributed by atoms with Crippen LogP contribution < -0.4 is 20.3 Å². The highest BCUT2D eigenvalue weighted by molar-refractivity contribution is 6.30. The molecule has 2 aromatic rings. The minimum atomic E-state index is -0.636. The third kappa shape index (κ3) is 4.82. The molecule has 2 atom stereocenters. The largest absolute Gasteiger partial charge is 0.479 e. The Kier molecular flexibility index (Phi) is 5.75. The number of rotatable bonds is 3. The summed E-state index contributed by atoms with van der Waals surface area (Å²) in [5.41, 5.74) is 1.82. The zero-order valence-corrected chi connectivity index (χ0v) is 18.0. The fraction of sp³-hybridized carbons (Fsp3) is 0.364. The Morgan fingerprint density at radius 2 is 1.93 bits per heavy atom. The normalized spacial score (nSPS) is 17.2. The lowest BCUT2D eigenvalue weighted by Crippen LogP contribution is -2.45. The summed E-state index contributed by atoms with van der Waals surface area (Å²) in [6.07, 6.45) is -0.636. The van der Waals surface area contributed by atoms with Crippen molar-refractivity contribution >= 4 is 34.9 Å².